The molecule has 0 amide bonds. The Kier molecular flexibility index (Phi) is 4.31. The molecule has 1 aliphatic heterocycles. The van der Waals surface area contributed by atoms with Gasteiger partial charge in [-0.3, -0.25) is 9.69 Å². The average molecular weight is 223 g/mol. The number of nitrogens with zero attached hydrogens (tertiary/aromatic N) is 1. The Morgan fingerprint density at radius 1 is 1.25 bits per heavy atom. The average Bonchev–Trinajstić information content (AvgIpc) is 2.62. The zero-order chi connectivity index (χ0) is 12.3. The number of hydrogen-bond donors (Lipinski definition) is 0. The Hall–Kier alpha value is -0.630. The molecule has 1 unspecified atom stereocenters. The fraction of sp³-hybridized carbons (Fsp3) is 0.786. The summed E-state index contributed by atoms with van der Waals surface area (Å²) in [6.45, 7) is 12.4. The molecule has 2 nitrogen and oxygen atoms in total. The summed E-state index contributed by atoms with van der Waals surface area (Å²) in [6, 6.07) is 0. The van der Waals surface area contributed by atoms with E-state index in [9.17, 15) is 4.79 Å². The van der Waals surface area contributed by atoms with Gasteiger partial charge in [0.05, 0.1) is 0 Å². The fourth-order valence-electron chi connectivity index (χ4n) is 3.31. The van der Waals surface area contributed by atoms with Crippen molar-refractivity contribution >= 4 is 5.78 Å². The van der Waals surface area contributed by atoms with Crippen molar-refractivity contribution in [1.29, 1.82) is 0 Å². The van der Waals surface area contributed by atoms with Crippen LogP contribution in [0.3, 0.4) is 0 Å². The predicted octanol–water partition coefficient (Wildman–Crippen LogP) is 3.18. The van der Waals surface area contributed by atoms with Gasteiger partial charge in [0.15, 0.2) is 5.78 Å². The number of Topliss-reactive ketones (excluding diaryl/α,β-unsaturated/α-hetero) is 1. The molecule has 0 aromatic carbocycles. The van der Waals surface area contributed by atoms with Crippen LogP contribution in [-0.2, 0) is 4.79 Å². The molecule has 1 aliphatic rings. The van der Waals surface area contributed by atoms with E-state index in [0.717, 1.165) is 32.4 Å². The van der Waals surface area contributed by atoms with Gasteiger partial charge in [-0.05, 0) is 38.3 Å². The Labute approximate surface area is 99.7 Å². The van der Waals surface area contributed by atoms with Crippen LogP contribution in [-0.4, -0.2) is 29.3 Å². The van der Waals surface area contributed by atoms with Crippen molar-refractivity contribution in [2.24, 2.45) is 0 Å². The van der Waals surface area contributed by atoms with E-state index >= 15 is 0 Å². The molecule has 0 saturated heterocycles. The molecule has 0 aromatic rings. The number of likely N-dealkylation sites (N-methyl/N-ethyl adjacent to an activating group) is 1. The van der Waals surface area contributed by atoms with Crippen molar-refractivity contribution in [3.8, 4) is 0 Å². The predicted molar refractivity (Wildman–Crippen MR) is 68.6 cm³/mol. The minimum Gasteiger partial charge on any atom is -0.298 e. The van der Waals surface area contributed by atoms with E-state index in [1.54, 1.807) is 6.92 Å². The van der Waals surface area contributed by atoms with E-state index in [4.69, 9.17) is 0 Å². The van der Waals surface area contributed by atoms with E-state index in [1.807, 2.05) is 0 Å². The van der Waals surface area contributed by atoms with Crippen molar-refractivity contribution in [2.75, 3.05) is 13.1 Å². The maximum absolute atomic E-state index is 12.1. The standard InChI is InChI=1S/C14H25NO/c1-6-12-10-15(9-4)14(8-3,11(5)16)13(12)7-2/h6-10H2,1-5H3. The third-order valence-electron chi connectivity index (χ3n) is 4.10. The van der Waals surface area contributed by atoms with Gasteiger partial charge in [0.2, 0.25) is 0 Å². The molecular formula is C14H25NO. The second-order valence-corrected chi connectivity index (χ2v) is 4.57. The van der Waals surface area contributed by atoms with Crippen LogP contribution >= 0.6 is 0 Å². The third kappa shape index (κ3) is 1.73. The minimum absolute atomic E-state index is 0.283. The molecule has 92 valence electrons. The fourth-order valence-corrected chi connectivity index (χ4v) is 3.31. The summed E-state index contributed by atoms with van der Waals surface area (Å²) >= 11 is 0. The molecule has 0 fully saturated rings. The van der Waals surface area contributed by atoms with Crippen LogP contribution in [0.1, 0.15) is 53.9 Å². The molecule has 0 aliphatic carbocycles. The first-order chi connectivity index (χ1) is 7.58. The largest absolute Gasteiger partial charge is 0.298 e. The van der Waals surface area contributed by atoms with Gasteiger partial charge >= 0.3 is 0 Å². The summed E-state index contributed by atoms with van der Waals surface area (Å²) in [4.78, 5) is 14.5. The summed E-state index contributed by atoms with van der Waals surface area (Å²) in [6.07, 6.45) is 2.99. The molecule has 0 N–H and O–H groups in total. The van der Waals surface area contributed by atoms with Crippen LogP contribution in [0.25, 0.3) is 0 Å². The maximum Gasteiger partial charge on any atom is 0.154 e. The lowest BCUT2D eigenvalue weighted by Gasteiger charge is -2.37. The minimum atomic E-state index is -0.283. The van der Waals surface area contributed by atoms with Crippen molar-refractivity contribution in [3.63, 3.8) is 0 Å². The molecule has 0 saturated carbocycles. The lowest BCUT2D eigenvalue weighted by molar-refractivity contribution is -0.126. The van der Waals surface area contributed by atoms with Gasteiger partial charge < -0.3 is 0 Å². The highest BCUT2D eigenvalue weighted by Crippen LogP contribution is 2.40. The first kappa shape index (κ1) is 13.4. The van der Waals surface area contributed by atoms with Crippen LogP contribution < -0.4 is 0 Å². The van der Waals surface area contributed by atoms with Gasteiger partial charge in [-0.1, -0.05) is 33.3 Å². The summed E-state index contributed by atoms with van der Waals surface area (Å²) in [7, 11) is 0. The van der Waals surface area contributed by atoms with Gasteiger partial charge in [-0.15, -0.1) is 0 Å². The molecular weight excluding hydrogens is 198 g/mol. The molecule has 1 heterocycles. The number of ketones is 1. The van der Waals surface area contributed by atoms with E-state index < -0.39 is 0 Å². The lowest BCUT2D eigenvalue weighted by Crippen LogP contribution is -2.51. The summed E-state index contributed by atoms with van der Waals surface area (Å²) in [5, 5.41) is 0. The molecule has 16 heavy (non-hydrogen) atoms. The quantitative estimate of drug-likeness (QED) is 0.667. The first-order valence-corrected chi connectivity index (χ1v) is 6.55. The van der Waals surface area contributed by atoms with E-state index in [-0.39, 0.29) is 5.54 Å². The lowest BCUT2D eigenvalue weighted by atomic mass is 9.81. The second kappa shape index (κ2) is 5.13. The zero-order valence-corrected chi connectivity index (χ0v) is 11.4. The van der Waals surface area contributed by atoms with E-state index in [1.165, 1.54) is 11.1 Å². The molecule has 0 aromatic heterocycles. The number of hydrogen-bond acceptors (Lipinski definition) is 2. The molecule has 1 rings (SSSR count). The van der Waals surface area contributed by atoms with E-state index in [2.05, 4.69) is 32.6 Å². The SMILES string of the molecule is CCC1=C(CC)C(CC)(C(C)=O)N(CC)C1. The number of carbonyl (C=O) groups excluding carboxylic acids is 1. The van der Waals surface area contributed by atoms with Gasteiger partial charge in [-0.2, -0.15) is 0 Å². The van der Waals surface area contributed by atoms with Crippen molar-refractivity contribution < 1.29 is 4.79 Å². The van der Waals surface area contributed by atoms with Crippen LogP contribution in [0.4, 0.5) is 0 Å². The maximum atomic E-state index is 12.1. The Morgan fingerprint density at radius 3 is 2.19 bits per heavy atom. The summed E-state index contributed by atoms with van der Waals surface area (Å²) in [5.74, 6) is 0.317. The Balaban J connectivity index is 3.27. The first-order valence-electron chi connectivity index (χ1n) is 6.55. The van der Waals surface area contributed by atoms with Crippen LogP contribution in [0.15, 0.2) is 11.1 Å². The zero-order valence-electron chi connectivity index (χ0n) is 11.4. The van der Waals surface area contributed by atoms with E-state index in [0.29, 0.717) is 5.78 Å². The molecule has 0 bridgehead atoms. The smallest absolute Gasteiger partial charge is 0.154 e. The summed E-state index contributed by atoms with van der Waals surface area (Å²) < 4.78 is 0. The van der Waals surface area contributed by atoms with Gasteiger partial charge in [-0.25, -0.2) is 0 Å². The van der Waals surface area contributed by atoms with Crippen LogP contribution in [0.5, 0.6) is 0 Å². The highest BCUT2D eigenvalue weighted by molar-refractivity contribution is 5.90. The van der Waals surface area contributed by atoms with Crippen molar-refractivity contribution in [3.05, 3.63) is 11.1 Å². The highest BCUT2D eigenvalue weighted by Gasteiger charge is 2.46. The summed E-state index contributed by atoms with van der Waals surface area (Å²) in [5.41, 5.74) is 2.60. The van der Waals surface area contributed by atoms with Gasteiger partial charge in [0.1, 0.15) is 5.54 Å². The molecule has 2 heteroatoms. The molecule has 0 spiro atoms. The number of rotatable bonds is 5. The third-order valence-corrected chi connectivity index (χ3v) is 4.10. The Morgan fingerprint density at radius 2 is 1.88 bits per heavy atom. The molecule has 0 radical (unpaired) electrons. The Bertz CT molecular complexity index is 306. The number of carbonyl (C=O) groups is 1. The normalized spacial score (nSPS) is 26.6. The monoisotopic (exact) mass is 223 g/mol. The topological polar surface area (TPSA) is 20.3 Å². The molecule has 1 atom stereocenters. The van der Waals surface area contributed by atoms with Crippen molar-refractivity contribution in [1.82, 2.24) is 4.90 Å². The van der Waals surface area contributed by atoms with Gasteiger partial charge in [0, 0.05) is 6.54 Å². The highest BCUT2D eigenvalue weighted by atomic mass is 16.1. The van der Waals surface area contributed by atoms with Crippen LogP contribution in [0, 0.1) is 0 Å². The van der Waals surface area contributed by atoms with Gasteiger partial charge in [0.25, 0.3) is 0 Å². The second-order valence-electron chi connectivity index (χ2n) is 4.57. The van der Waals surface area contributed by atoms with Crippen LogP contribution in [0.2, 0.25) is 0 Å². The van der Waals surface area contributed by atoms with Crippen molar-refractivity contribution in [2.45, 2.75) is 59.4 Å².